The first-order valence-electron chi connectivity index (χ1n) is 5.87. The van der Waals surface area contributed by atoms with Gasteiger partial charge in [0.2, 0.25) is 0 Å². The van der Waals surface area contributed by atoms with Crippen LogP contribution in [0.25, 0.3) is 0 Å². The van der Waals surface area contributed by atoms with Gasteiger partial charge in [-0.05, 0) is 25.3 Å². The minimum atomic E-state index is -0.968. The molecule has 0 rings (SSSR count). The van der Waals surface area contributed by atoms with Crippen LogP contribution < -0.4 is 11.5 Å². The second-order valence-electron chi connectivity index (χ2n) is 5.60. The summed E-state index contributed by atoms with van der Waals surface area (Å²) in [5.74, 6) is 0.0497. The van der Waals surface area contributed by atoms with Crippen LogP contribution in [-0.4, -0.2) is 37.4 Å². The van der Waals surface area contributed by atoms with E-state index in [1.165, 1.54) is 6.92 Å². The lowest BCUT2D eigenvalue weighted by atomic mass is 9.70. The molecule has 0 radical (unpaired) electrons. The van der Waals surface area contributed by atoms with Crippen molar-refractivity contribution in [2.24, 2.45) is 16.9 Å². The molecule has 0 saturated heterocycles. The van der Waals surface area contributed by atoms with Crippen LogP contribution in [0, 0.1) is 5.41 Å². The number of aliphatic hydroxyl groups excluding tert-OH is 1. The van der Waals surface area contributed by atoms with E-state index in [4.69, 9.17) is 16.6 Å². The third kappa shape index (κ3) is 5.63. The predicted octanol–water partition coefficient (Wildman–Crippen LogP) is -0.550. The summed E-state index contributed by atoms with van der Waals surface area (Å²) in [5, 5.41) is 9.13. The van der Waals surface area contributed by atoms with Gasteiger partial charge in [0.05, 0.1) is 6.04 Å². The third-order valence-electron chi connectivity index (χ3n) is 2.89. The average molecular weight is 228 g/mol. The van der Waals surface area contributed by atoms with Crippen LogP contribution in [0.5, 0.6) is 0 Å². The van der Waals surface area contributed by atoms with Crippen LogP contribution in [0.4, 0.5) is 0 Å². The molecule has 0 aliphatic heterocycles. The SMILES string of the molecule is BC(CC(N)C(=O)C(C)O)CC(C)(C)CN. The summed E-state index contributed by atoms with van der Waals surface area (Å²) < 4.78 is 0. The fraction of sp³-hybridized carbons (Fsp3) is 0.909. The third-order valence-corrected chi connectivity index (χ3v) is 2.89. The topological polar surface area (TPSA) is 89.3 Å². The molecule has 0 amide bonds. The molecule has 16 heavy (non-hydrogen) atoms. The van der Waals surface area contributed by atoms with E-state index in [1.807, 2.05) is 0 Å². The van der Waals surface area contributed by atoms with Gasteiger partial charge in [-0.15, -0.1) is 0 Å². The molecule has 5 N–H and O–H groups in total. The number of carbonyl (C=O) groups excluding carboxylic acids is 1. The second-order valence-corrected chi connectivity index (χ2v) is 5.60. The predicted molar refractivity (Wildman–Crippen MR) is 69.0 cm³/mol. The van der Waals surface area contributed by atoms with Gasteiger partial charge in [0.15, 0.2) is 5.78 Å². The molecule has 3 unspecified atom stereocenters. The Kier molecular flexibility index (Phi) is 6.22. The van der Waals surface area contributed by atoms with Crippen molar-refractivity contribution in [3.05, 3.63) is 0 Å². The van der Waals surface area contributed by atoms with Crippen LogP contribution in [0.3, 0.4) is 0 Å². The highest BCUT2D eigenvalue weighted by molar-refractivity contribution is 6.12. The maximum absolute atomic E-state index is 11.4. The van der Waals surface area contributed by atoms with E-state index in [0.29, 0.717) is 18.8 Å². The first-order valence-corrected chi connectivity index (χ1v) is 5.87. The van der Waals surface area contributed by atoms with Crippen molar-refractivity contribution in [3.8, 4) is 0 Å². The summed E-state index contributed by atoms with van der Waals surface area (Å²) in [5.41, 5.74) is 11.5. The minimum Gasteiger partial charge on any atom is -0.386 e. The molecule has 0 aromatic rings. The van der Waals surface area contributed by atoms with Gasteiger partial charge >= 0.3 is 0 Å². The maximum Gasteiger partial charge on any atom is 0.177 e. The zero-order chi connectivity index (χ0) is 12.9. The molecule has 0 aromatic carbocycles. The van der Waals surface area contributed by atoms with Crippen molar-refractivity contribution in [3.63, 3.8) is 0 Å². The van der Waals surface area contributed by atoms with Gasteiger partial charge in [0.25, 0.3) is 0 Å². The van der Waals surface area contributed by atoms with E-state index in [9.17, 15) is 4.79 Å². The molecule has 94 valence electrons. The van der Waals surface area contributed by atoms with Gasteiger partial charge in [-0.25, -0.2) is 0 Å². The van der Waals surface area contributed by atoms with Gasteiger partial charge in [-0.3, -0.25) is 4.79 Å². The molecule has 3 atom stereocenters. The summed E-state index contributed by atoms with van der Waals surface area (Å²) in [6.45, 7) is 6.28. The molecule has 0 aromatic heterocycles. The molecular weight excluding hydrogens is 203 g/mol. The average Bonchev–Trinajstić information content (AvgIpc) is 2.15. The monoisotopic (exact) mass is 228 g/mol. The first-order chi connectivity index (χ1) is 7.19. The van der Waals surface area contributed by atoms with Gasteiger partial charge < -0.3 is 16.6 Å². The quantitative estimate of drug-likeness (QED) is 0.510. The smallest absolute Gasteiger partial charge is 0.177 e. The highest BCUT2D eigenvalue weighted by Gasteiger charge is 2.24. The first kappa shape index (κ1) is 15.6. The summed E-state index contributed by atoms with van der Waals surface area (Å²) in [7, 11) is 2.06. The van der Waals surface area contributed by atoms with Crippen LogP contribution in [0.15, 0.2) is 0 Å². The van der Waals surface area contributed by atoms with E-state index in [2.05, 4.69) is 21.7 Å². The number of ketones is 1. The van der Waals surface area contributed by atoms with Crippen molar-refractivity contribution in [1.29, 1.82) is 0 Å². The number of nitrogens with two attached hydrogens (primary N) is 2. The Morgan fingerprint density at radius 3 is 2.38 bits per heavy atom. The number of carbonyl (C=O) groups is 1. The van der Waals surface area contributed by atoms with E-state index >= 15 is 0 Å². The normalized spacial score (nSPS) is 17.9. The molecule has 0 aliphatic rings. The van der Waals surface area contributed by atoms with Gasteiger partial charge in [-0.1, -0.05) is 26.1 Å². The Balaban J connectivity index is 4.15. The maximum atomic E-state index is 11.4. The Morgan fingerprint density at radius 2 is 2.00 bits per heavy atom. The van der Waals surface area contributed by atoms with Crippen molar-refractivity contribution >= 4 is 13.6 Å². The molecule has 4 nitrogen and oxygen atoms in total. The largest absolute Gasteiger partial charge is 0.386 e. The fourth-order valence-electron chi connectivity index (χ4n) is 1.97. The molecule has 0 saturated carbocycles. The molecular formula is C11H25BN2O2. The van der Waals surface area contributed by atoms with Gasteiger partial charge in [0.1, 0.15) is 14.0 Å². The number of aliphatic hydroxyl groups is 1. The van der Waals surface area contributed by atoms with Gasteiger partial charge in [0, 0.05) is 0 Å². The molecule has 5 heteroatoms. The molecule has 0 heterocycles. The van der Waals surface area contributed by atoms with Crippen LogP contribution in [0.1, 0.15) is 33.6 Å². The minimum absolute atomic E-state index is 0.0764. The van der Waals surface area contributed by atoms with Crippen molar-refractivity contribution in [2.75, 3.05) is 6.54 Å². The summed E-state index contributed by atoms with van der Waals surface area (Å²) in [6, 6.07) is -0.566. The lowest BCUT2D eigenvalue weighted by molar-refractivity contribution is -0.127. The number of hydrogen-bond acceptors (Lipinski definition) is 4. The lowest BCUT2D eigenvalue weighted by Gasteiger charge is -2.27. The zero-order valence-electron chi connectivity index (χ0n) is 10.9. The van der Waals surface area contributed by atoms with Crippen LogP contribution in [-0.2, 0) is 4.79 Å². The second kappa shape index (κ2) is 6.37. The van der Waals surface area contributed by atoms with Crippen molar-refractivity contribution < 1.29 is 9.90 Å². The Morgan fingerprint density at radius 1 is 1.50 bits per heavy atom. The molecule has 0 bridgehead atoms. The standard InChI is InChI=1S/C11H25BN2O2/c1-7(15)10(16)9(14)4-8(12)5-11(2,3)6-13/h7-9,15H,4-6,12-14H2,1-3H3. The Bertz CT molecular complexity index is 232. The highest BCUT2D eigenvalue weighted by Crippen LogP contribution is 2.28. The Labute approximate surface area is 99.2 Å². The van der Waals surface area contributed by atoms with Crippen molar-refractivity contribution in [1.82, 2.24) is 0 Å². The molecule has 0 fully saturated rings. The summed E-state index contributed by atoms with van der Waals surface area (Å²) >= 11 is 0. The van der Waals surface area contributed by atoms with E-state index < -0.39 is 12.1 Å². The van der Waals surface area contributed by atoms with Crippen LogP contribution in [0.2, 0.25) is 5.82 Å². The Hall–Kier alpha value is -0.385. The van der Waals surface area contributed by atoms with E-state index in [1.54, 1.807) is 0 Å². The zero-order valence-corrected chi connectivity index (χ0v) is 10.9. The van der Waals surface area contributed by atoms with E-state index in [0.717, 1.165) is 6.42 Å². The van der Waals surface area contributed by atoms with Crippen molar-refractivity contribution in [2.45, 2.75) is 51.6 Å². The fourth-order valence-corrected chi connectivity index (χ4v) is 1.97. The summed E-state index contributed by atoms with van der Waals surface area (Å²) in [6.07, 6.45) is 0.571. The highest BCUT2D eigenvalue weighted by atomic mass is 16.3. The van der Waals surface area contributed by atoms with Gasteiger partial charge in [-0.2, -0.15) is 0 Å². The lowest BCUT2D eigenvalue weighted by Crippen LogP contribution is -2.38. The van der Waals surface area contributed by atoms with E-state index in [-0.39, 0.29) is 11.2 Å². The molecule has 0 spiro atoms. The van der Waals surface area contributed by atoms with Crippen LogP contribution >= 0.6 is 0 Å². The summed E-state index contributed by atoms with van der Waals surface area (Å²) in [4.78, 5) is 11.4. The molecule has 0 aliphatic carbocycles. The number of Topliss-reactive ketones (excluding diaryl/α,β-unsaturated/α-hetero) is 1. The number of rotatable bonds is 7. The number of hydrogen-bond donors (Lipinski definition) is 3.